The second kappa shape index (κ2) is 8.26. The summed E-state index contributed by atoms with van der Waals surface area (Å²) in [5, 5.41) is 10.3. The van der Waals surface area contributed by atoms with E-state index in [4.69, 9.17) is 23.7 Å². The molecule has 0 amide bonds. The molecule has 4 aliphatic carbocycles. The maximum Gasteiger partial charge on any atom is 0.331 e. The van der Waals surface area contributed by atoms with Crippen LogP contribution in [0, 0.1) is 28.6 Å². The first-order chi connectivity index (χ1) is 17.7. The Morgan fingerprint density at radius 2 is 1.89 bits per heavy atom. The van der Waals surface area contributed by atoms with Gasteiger partial charge in [0.25, 0.3) is 0 Å². The van der Waals surface area contributed by atoms with Gasteiger partial charge >= 0.3 is 5.97 Å². The SMILES string of the molecule is CO[C@@H]1C[C@H](O[C@H]2CC[C@]3(C)C4CC[C@]5(C)[C@@H](C6=CC(=O)OC6)CC[C@@]56O[C@@]46CC[C@@H]3C2)O[C@H](C)[C@@H]1O. The Balaban J connectivity index is 1.06. The molecule has 7 aliphatic rings. The summed E-state index contributed by atoms with van der Waals surface area (Å²) < 4.78 is 30.4. The summed E-state index contributed by atoms with van der Waals surface area (Å²) in [4.78, 5) is 11.8. The molecule has 7 nitrogen and oxygen atoms in total. The van der Waals surface area contributed by atoms with E-state index in [-0.39, 0.29) is 52.6 Å². The molecule has 0 radical (unpaired) electrons. The molecule has 37 heavy (non-hydrogen) atoms. The standard InChI is InChI=1S/C30H44O7/c1-17-26(32)22(33-4)15-25(35-17)36-20-6-9-27(2)19(14-20)5-11-29-23(27)8-10-28(3)21(7-12-30(28,29)37-29)18-13-24(31)34-16-18/h13,17,19-23,25-26,32H,5-12,14-16H2,1-4H3/t17-,19-,20+,21-,22-,23?,25+,26+,27+,28-,29+,30-/m1/s1. The van der Waals surface area contributed by atoms with E-state index in [1.807, 2.05) is 6.92 Å². The predicted molar refractivity (Wildman–Crippen MR) is 134 cm³/mol. The number of aliphatic hydroxyl groups excluding tert-OH is 1. The number of fused-ring (bicyclic) bond motifs is 2. The van der Waals surface area contributed by atoms with Crippen LogP contribution < -0.4 is 0 Å². The summed E-state index contributed by atoms with van der Waals surface area (Å²) in [7, 11) is 1.65. The second-order valence-corrected chi connectivity index (χ2v) is 13.8. The number of methoxy groups -OCH3 is 1. The maximum atomic E-state index is 11.8. The van der Waals surface area contributed by atoms with E-state index in [2.05, 4.69) is 13.8 Å². The van der Waals surface area contributed by atoms with Crippen LogP contribution in [-0.2, 0) is 28.5 Å². The summed E-state index contributed by atoms with van der Waals surface area (Å²) in [5.74, 6) is 1.47. The number of hydrogen-bond donors (Lipinski definition) is 1. The van der Waals surface area contributed by atoms with Crippen LogP contribution in [0.4, 0.5) is 0 Å². The van der Waals surface area contributed by atoms with Crippen LogP contribution in [0.3, 0.4) is 0 Å². The molecule has 6 fully saturated rings. The molecule has 0 aromatic carbocycles. The van der Waals surface area contributed by atoms with E-state index in [1.54, 1.807) is 13.2 Å². The van der Waals surface area contributed by atoms with Gasteiger partial charge in [0.2, 0.25) is 0 Å². The highest BCUT2D eigenvalue weighted by Crippen LogP contribution is 2.81. The molecule has 2 spiro atoms. The summed E-state index contributed by atoms with van der Waals surface area (Å²) in [6.07, 6.45) is 11.4. The molecule has 0 bridgehead atoms. The first-order valence-electron chi connectivity index (χ1n) is 14.7. The zero-order valence-electron chi connectivity index (χ0n) is 22.9. The van der Waals surface area contributed by atoms with Crippen molar-refractivity contribution in [2.24, 2.45) is 28.6 Å². The molecule has 7 rings (SSSR count). The van der Waals surface area contributed by atoms with Crippen molar-refractivity contribution in [2.45, 2.75) is 127 Å². The fraction of sp³-hybridized carbons (Fsp3) is 0.900. The molecule has 1 N–H and O–H groups in total. The van der Waals surface area contributed by atoms with Crippen LogP contribution in [0.15, 0.2) is 11.6 Å². The van der Waals surface area contributed by atoms with Gasteiger partial charge in [0.1, 0.15) is 23.9 Å². The zero-order chi connectivity index (χ0) is 25.8. The molecule has 2 saturated heterocycles. The minimum Gasteiger partial charge on any atom is -0.458 e. The molecular formula is C30H44O7. The maximum absolute atomic E-state index is 11.8. The molecular weight excluding hydrogens is 472 g/mol. The first kappa shape index (κ1) is 25.0. The Morgan fingerprint density at radius 3 is 2.65 bits per heavy atom. The Morgan fingerprint density at radius 1 is 1.05 bits per heavy atom. The highest BCUT2D eigenvalue weighted by Gasteiger charge is 2.86. The predicted octanol–water partition coefficient (Wildman–Crippen LogP) is 4.30. The van der Waals surface area contributed by atoms with E-state index < -0.39 is 6.10 Å². The molecule has 1 unspecified atom stereocenters. The van der Waals surface area contributed by atoms with Gasteiger partial charge in [-0.1, -0.05) is 13.8 Å². The Bertz CT molecular complexity index is 996. The Kier molecular flexibility index (Phi) is 5.58. The van der Waals surface area contributed by atoms with E-state index in [0.717, 1.165) is 32.1 Å². The van der Waals surface area contributed by atoms with Crippen molar-refractivity contribution < 1.29 is 33.6 Å². The summed E-state index contributed by atoms with van der Waals surface area (Å²) in [6, 6.07) is 0. The van der Waals surface area contributed by atoms with Crippen molar-refractivity contribution >= 4 is 5.97 Å². The summed E-state index contributed by atoms with van der Waals surface area (Å²) in [6.45, 7) is 7.37. The van der Waals surface area contributed by atoms with Crippen molar-refractivity contribution in [2.75, 3.05) is 13.7 Å². The number of ether oxygens (including phenoxy) is 5. The molecule has 7 heteroatoms. The van der Waals surface area contributed by atoms with Crippen molar-refractivity contribution in [3.05, 3.63) is 11.6 Å². The minimum absolute atomic E-state index is 0.0153. The fourth-order valence-corrected chi connectivity index (χ4v) is 10.6. The zero-order valence-corrected chi connectivity index (χ0v) is 22.9. The van der Waals surface area contributed by atoms with Gasteiger partial charge in [0.05, 0.1) is 18.3 Å². The van der Waals surface area contributed by atoms with Crippen LogP contribution in [0.2, 0.25) is 0 Å². The highest BCUT2D eigenvalue weighted by atomic mass is 16.7. The fourth-order valence-electron chi connectivity index (χ4n) is 10.6. The number of carbonyl (C=O) groups is 1. The van der Waals surface area contributed by atoms with Crippen LogP contribution in [0.1, 0.15) is 85.0 Å². The molecule has 3 heterocycles. The number of hydrogen-bond acceptors (Lipinski definition) is 7. The lowest BCUT2D eigenvalue weighted by Gasteiger charge is -2.58. The van der Waals surface area contributed by atoms with Crippen molar-refractivity contribution in [3.8, 4) is 0 Å². The molecule has 0 aromatic rings. The van der Waals surface area contributed by atoms with Gasteiger partial charge in [-0.2, -0.15) is 0 Å². The summed E-state index contributed by atoms with van der Waals surface area (Å²) in [5.41, 5.74) is 1.57. The third-order valence-corrected chi connectivity index (χ3v) is 12.6. The average Bonchev–Trinajstić information content (AvgIpc) is 3.18. The van der Waals surface area contributed by atoms with E-state index in [1.165, 1.54) is 31.3 Å². The Hall–Kier alpha value is -0.990. The molecule has 12 atom stereocenters. The number of esters is 1. The third kappa shape index (κ3) is 3.27. The second-order valence-electron chi connectivity index (χ2n) is 13.8. The normalized spacial score (nSPS) is 56.5. The van der Waals surface area contributed by atoms with Gasteiger partial charge in [-0.05, 0) is 93.5 Å². The van der Waals surface area contributed by atoms with Crippen LogP contribution in [0.25, 0.3) is 0 Å². The topological polar surface area (TPSA) is 86.8 Å². The summed E-state index contributed by atoms with van der Waals surface area (Å²) >= 11 is 0. The minimum atomic E-state index is -0.606. The molecule has 4 saturated carbocycles. The van der Waals surface area contributed by atoms with Gasteiger partial charge in [-0.15, -0.1) is 0 Å². The van der Waals surface area contributed by atoms with Gasteiger partial charge in [0, 0.05) is 25.0 Å². The van der Waals surface area contributed by atoms with Crippen molar-refractivity contribution in [1.82, 2.24) is 0 Å². The third-order valence-electron chi connectivity index (χ3n) is 12.6. The quantitative estimate of drug-likeness (QED) is 0.339. The first-order valence-corrected chi connectivity index (χ1v) is 14.7. The number of cyclic esters (lactones) is 1. The van der Waals surface area contributed by atoms with E-state index in [9.17, 15) is 9.90 Å². The lowest BCUT2D eigenvalue weighted by atomic mass is 9.44. The lowest BCUT2D eigenvalue weighted by molar-refractivity contribution is -0.271. The Labute approximate surface area is 220 Å². The van der Waals surface area contributed by atoms with Crippen molar-refractivity contribution in [3.63, 3.8) is 0 Å². The van der Waals surface area contributed by atoms with E-state index in [0.29, 0.717) is 30.8 Å². The average molecular weight is 517 g/mol. The van der Waals surface area contributed by atoms with Gasteiger partial charge in [-0.25, -0.2) is 4.79 Å². The number of carbonyl (C=O) groups excluding carboxylic acids is 1. The van der Waals surface area contributed by atoms with Crippen molar-refractivity contribution in [1.29, 1.82) is 0 Å². The largest absolute Gasteiger partial charge is 0.458 e. The van der Waals surface area contributed by atoms with Crippen LogP contribution in [-0.4, -0.2) is 66.7 Å². The van der Waals surface area contributed by atoms with E-state index >= 15 is 0 Å². The van der Waals surface area contributed by atoms with Gasteiger partial charge < -0.3 is 28.8 Å². The number of rotatable bonds is 4. The van der Waals surface area contributed by atoms with Gasteiger partial charge in [0.15, 0.2) is 6.29 Å². The molecule has 206 valence electrons. The van der Waals surface area contributed by atoms with Crippen LogP contribution in [0.5, 0.6) is 0 Å². The number of epoxide rings is 1. The highest BCUT2D eigenvalue weighted by molar-refractivity contribution is 5.85. The smallest absolute Gasteiger partial charge is 0.331 e. The lowest BCUT2D eigenvalue weighted by Crippen LogP contribution is -2.59. The molecule has 3 aliphatic heterocycles. The molecule has 0 aromatic heterocycles. The number of aliphatic hydroxyl groups is 1. The van der Waals surface area contributed by atoms with Gasteiger partial charge in [-0.3, -0.25) is 0 Å². The van der Waals surface area contributed by atoms with Crippen LogP contribution >= 0.6 is 0 Å². The monoisotopic (exact) mass is 516 g/mol.